The molecule has 0 aliphatic carbocycles. The standard InChI is InChI=1S/C13H16O3S/c1-2-16-13(15)12(14)10-5-3-9(4-6-10)11-7-17-8-11/h3-6,11-12,14H,2,7-8H2,1H3. The molecule has 17 heavy (non-hydrogen) atoms. The third-order valence-electron chi connectivity index (χ3n) is 2.87. The van der Waals surface area contributed by atoms with E-state index in [-0.39, 0.29) is 6.61 Å². The van der Waals surface area contributed by atoms with E-state index in [9.17, 15) is 9.90 Å². The van der Waals surface area contributed by atoms with Crippen LogP contribution in [0.2, 0.25) is 0 Å². The van der Waals surface area contributed by atoms with Gasteiger partial charge in [0.2, 0.25) is 0 Å². The van der Waals surface area contributed by atoms with Gasteiger partial charge >= 0.3 is 5.97 Å². The molecule has 4 heteroatoms. The van der Waals surface area contributed by atoms with Crippen molar-refractivity contribution in [1.82, 2.24) is 0 Å². The van der Waals surface area contributed by atoms with E-state index in [1.54, 1.807) is 19.1 Å². The quantitative estimate of drug-likeness (QED) is 0.834. The zero-order chi connectivity index (χ0) is 12.3. The monoisotopic (exact) mass is 252 g/mol. The summed E-state index contributed by atoms with van der Waals surface area (Å²) in [4.78, 5) is 11.4. The first-order valence-corrected chi connectivity index (χ1v) is 6.90. The summed E-state index contributed by atoms with van der Waals surface area (Å²) < 4.78 is 4.78. The van der Waals surface area contributed by atoms with Gasteiger partial charge in [-0.05, 0) is 18.1 Å². The maximum atomic E-state index is 11.4. The van der Waals surface area contributed by atoms with E-state index in [4.69, 9.17) is 4.74 Å². The number of thioether (sulfide) groups is 1. The molecule has 0 bridgehead atoms. The van der Waals surface area contributed by atoms with Crippen molar-refractivity contribution < 1.29 is 14.6 Å². The third-order valence-corrected chi connectivity index (χ3v) is 4.15. The second-order valence-electron chi connectivity index (χ2n) is 4.06. The van der Waals surface area contributed by atoms with Crippen LogP contribution in [0.1, 0.15) is 30.1 Å². The van der Waals surface area contributed by atoms with Crippen LogP contribution in [0.3, 0.4) is 0 Å². The Kier molecular flexibility index (Phi) is 4.07. The highest BCUT2D eigenvalue weighted by molar-refractivity contribution is 8.00. The van der Waals surface area contributed by atoms with Crippen LogP contribution < -0.4 is 0 Å². The van der Waals surface area contributed by atoms with Crippen LogP contribution in [0.25, 0.3) is 0 Å². The predicted octanol–water partition coefficient (Wildman–Crippen LogP) is 2.11. The SMILES string of the molecule is CCOC(=O)C(O)c1ccc(C2CSC2)cc1. The number of carbonyl (C=O) groups is 1. The van der Waals surface area contributed by atoms with Gasteiger partial charge in [-0.25, -0.2) is 4.79 Å². The second kappa shape index (κ2) is 5.56. The first-order chi connectivity index (χ1) is 8.22. The van der Waals surface area contributed by atoms with Crippen LogP contribution in [-0.2, 0) is 9.53 Å². The fraction of sp³-hybridized carbons (Fsp3) is 0.462. The molecule has 1 aliphatic heterocycles. The Morgan fingerprint density at radius 1 is 1.47 bits per heavy atom. The number of ether oxygens (including phenoxy) is 1. The number of esters is 1. The largest absolute Gasteiger partial charge is 0.464 e. The Balaban J connectivity index is 2.03. The van der Waals surface area contributed by atoms with Crippen molar-refractivity contribution in [1.29, 1.82) is 0 Å². The maximum absolute atomic E-state index is 11.4. The van der Waals surface area contributed by atoms with Gasteiger partial charge in [-0.3, -0.25) is 0 Å². The summed E-state index contributed by atoms with van der Waals surface area (Å²) in [5.41, 5.74) is 1.88. The molecule has 0 aromatic heterocycles. The summed E-state index contributed by atoms with van der Waals surface area (Å²) in [5, 5.41) is 9.74. The minimum atomic E-state index is -1.17. The highest BCUT2D eigenvalue weighted by Gasteiger charge is 2.22. The van der Waals surface area contributed by atoms with Crippen molar-refractivity contribution in [2.75, 3.05) is 18.1 Å². The first-order valence-electron chi connectivity index (χ1n) is 5.74. The lowest BCUT2D eigenvalue weighted by molar-refractivity contribution is -0.153. The van der Waals surface area contributed by atoms with Gasteiger partial charge in [0.15, 0.2) is 6.10 Å². The third kappa shape index (κ3) is 2.82. The highest BCUT2D eigenvalue weighted by Crippen LogP contribution is 2.34. The Hall–Kier alpha value is -1.00. The van der Waals surface area contributed by atoms with Crippen molar-refractivity contribution in [3.05, 3.63) is 35.4 Å². The van der Waals surface area contributed by atoms with E-state index >= 15 is 0 Å². The van der Waals surface area contributed by atoms with Crippen LogP contribution in [0, 0.1) is 0 Å². The van der Waals surface area contributed by atoms with E-state index in [2.05, 4.69) is 0 Å². The molecule has 1 N–H and O–H groups in total. The summed E-state index contributed by atoms with van der Waals surface area (Å²) in [6.45, 7) is 2.01. The van der Waals surface area contributed by atoms with Crippen LogP contribution in [0.15, 0.2) is 24.3 Å². The number of hydrogen-bond donors (Lipinski definition) is 1. The van der Waals surface area contributed by atoms with Gasteiger partial charge in [-0.1, -0.05) is 24.3 Å². The number of hydrogen-bond acceptors (Lipinski definition) is 4. The fourth-order valence-electron chi connectivity index (χ4n) is 1.74. The number of aliphatic hydroxyl groups is 1. The molecular weight excluding hydrogens is 236 g/mol. The van der Waals surface area contributed by atoms with Crippen molar-refractivity contribution >= 4 is 17.7 Å². The molecule has 1 aromatic carbocycles. The lowest BCUT2D eigenvalue weighted by Crippen LogP contribution is -2.17. The molecule has 1 heterocycles. The summed E-state index contributed by atoms with van der Waals surface area (Å²) in [5.74, 6) is 2.38. The summed E-state index contributed by atoms with van der Waals surface area (Å²) in [7, 11) is 0. The van der Waals surface area contributed by atoms with Crippen LogP contribution in [0.5, 0.6) is 0 Å². The molecule has 0 radical (unpaired) electrons. The molecule has 2 rings (SSSR count). The topological polar surface area (TPSA) is 46.5 Å². The van der Waals surface area contributed by atoms with E-state index in [1.165, 1.54) is 17.1 Å². The molecule has 1 unspecified atom stereocenters. The summed E-state index contributed by atoms with van der Waals surface area (Å²) >= 11 is 1.94. The Labute approximate surface area is 105 Å². The lowest BCUT2D eigenvalue weighted by Gasteiger charge is -2.25. The maximum Gasteiger partial charge on any atom is 0.339 e. The smallest absolute Gasteiger partial charge is 0.339 e. The molecule has 0 amide bonds. The van der Waals surface area contributed by atoms with Gasteiger partial charge in [0.25, 0.3) is 0 Å². The molecule has 1 aliphatic rings. The average molecular weight is 252 g/mol. The number of carbonyl (C=O) groups excluding carboxylic acids is 1. The fourth-order valence-corrected chi connectivity index (χ4v) is 2.59. The highest BCUT2D eigenvalue weighted by atomic mass is 32.2. The van der Waals surface area contributed by atoms with E-state index in [0.29, 0.717) is 11.5 Å². The van der Waals surface area contributed by atoms with Crippen molar-refractivity contribution in [3.8, 4) is 0 Å². The van der Waals surface area contributed by atoms with Gasteiger partial charge in [0.1, 0.15) is 0 Å². The number of aliphatic hydroxyl groups excluding tert-OH is 1. The number of rotatable bonds is 4. The normalized spacial score (nSPS) is 17.3. The van der Waals surface area contributed by atoms with Gasteiger partial charge in [-0.15, -0.1) is 0 Å². The van der Waals surface area contributed by atoms with Gasteiger partial charge < -0.3 is 9.84 Å². The molecule has 1 saturated heterocycles. The molecular formula is C13H16O3S. The van der Waals surface area contributed by atoms with Crippen LogP contribution >= 0.6 is 11.8 Å². The lowest BCUT2D eigenvalue weighted by atomic mass is 9.99. The van der Waals surface area contributed by atoms with Crippen molar-refractivity contribution in [2.24, 2.45) is 0 Å². The Bertz CT molecular complexity index is 384. The minimum absolute atomic E-state index is 0.285. The molecule has 0 saturated carbocycles. The first kappa shape index (κ1) is 12.5. The van der Waals surface area contributed by atoms with Crippen molar-refractivity contribution in [3.63, 3.8) is 0 Å². The van der Waals surface area contributed by atoms with Gasteiger partial charge in [-0.2, -0.15) is 11.8 Å². The zero-order valence-corrected chi connectivity index (χ0v) is 10.6. The van der Waals surface area contributed by atoms with E-state index < -0.39 is 12.1 Å². The minimum Gasteiger partial charge on any atom is -0.464 e. The van der Waals surface area contributed by atoms with Crippen LogP contribution in [0.4, 0.5) is 0 Å². The summed E-state index contributed by atoms with van der Waals surface area (Å²) in [6, 6.07) is 7.59. The average Bonchev–Trinajstić information content (AvgIpc) is 2.27. The molecule has 0 spiro atoms. The van der Waals surface area contributed by atoms with E-state index in [1.807, 2.05) is 23.9 Å². The zero-order valence-electron chi connectivity index (χ0n) is 9.76. The second-order valence-corrected chi connectivity index (χ2v) is 5.13. The molecule has 1 fully saturated rings. The molecule has 1 aromatic rings. The molecule has 92 valence electrons. The predicted molar refractivity (Wildman–Crippen MR) is 68.1 cm³/mol. The molecule has 3 nitrogen and oxygen atoms in total. The van der Waals surface area contributed by atoms with Gasteiger partial charge in [0.05, 0.1) is 6.61 Å². The van der Waals surface area contributed by atoms with Crippen molar-refractivity contribution in [2.45, 2.75) is 18.9 Å². The summed E-state index contributed by atoms with van der Waals surface area (Å²) in [6.07, 6.45) is -1.17. The Morgan fingerprint density at radius 3 is 2.59 bits per heavy atom. The van der Waals surface area contributed by atoms with Crippen LogP contribution in [-0.4, -0.2) is 29.2 Å². The number of benzene rings is 1. The Morgan fingerprint density at radius 2 is 2.12 bits per heavy atom. The molecule has 1 atom stereocenters. The van der Waals surface area contributed by atoms with E-state index in [0.717, 1.165) is 0 Å². The van der Waals surface area contributed by atoms with Gasteiger partial charge in [0, 0.05) is 17.4 Å².